The van der Waals surface area contributed by atoms with Crippen LogP contribution < -0.4 is 5.32 Å². The van der Waals surface area contributed by atoms with Crippen LogP contribution >= 0.6 is 0 Å². The SMILES string of the molecule is CCOC(=O)CC(C)NC(=O)CC1CCOCC1. The van der Waals surface area contributed by atoms with Crippen molar-refractivity contribution in [3.63, 3.8) is 0 Å². The van der Waals surface area contributed by atoms with Crippen LogP contribution in [0.3, 0.4) is 0 Å². The van der Waals surface area contributed by atoms with Gasteiger partial charge in [0.2, 0.25) is 5.91 Å². The first-order chi connectivity index (χ1) is 8.61. The zero-order valence-electron chi connectivity index (χ0n) is 11.2. The summed E-state index contributed by atoms with van der Waals surface area (Å²) in [6, 6.07) is -0.170. The Labute approximate surface area is 108 Å². The molecule has 0 bridgehead atoms. The maximum Gasteiger partial charge on any atom is 0.307 e. The molecule has 0 saturated carbocycles. The van der Waals surface area contributed by atoms with Crippen molar-refractivity contribution in [2.75, 3.05) is 19.8 Å². The van der Waals surface area contributed by atoms with E-state index in [0.29, 0.717) is 18.9 Å². The van der Waals surface area contributed by atoms with Gasteiger partial charge in [-0.1, -0.05) is 0 Å². The first-order valence-corrected chi connectivity index (χ1v) is 6.64. The number of ether oxygens (including phenoxy) is 2. The lowest BCUT2D eigenvalue weighted by Gasteiger charge is -2.22. The van der Waals surface area contributed by atoms with Crippen molar-refractivity contribution in [3.8, 4) is 0 Å². The summed E-state index contributed by atoms with van der Waals surface area (Å²) in [4.78, 5) is 23.0. The molecule has 0 spiro atoms. The number of amides is 1. The van der Waals surface area contributed by atoms with Gasteiger partial charge in [-0.15, -0.1) is 0 Å². The molecule has 1 rings (SSSR count). The highest BCUT2D eigenvalue weighted by molar-refractivity contribution is 5.77. The number of rotatable bonds is 6. The Balaban J connectivity index is 2.19. The predicted octanol–water partition coefficient (Wildman–Crippen LogP) is 1.26. The van der Waals surface area contributed by atoms with Crippen LogP contribution in [0.5, 0.6) is 0 Å². The fourth-order valence-corrected chi connectivity index (χ4v) is 2.07. The zero-order valence-corrected chi connectivity index (χ0v) is 11.2. The Morgan fingerprint density at radius 3 is 2.67 bits per heavy atom. The molecule has 1 fully saturated rings. The van der Waals surface area contributed by atoms with Crippen LogP contribution in [0, 0.1) is 5.92 Å². The smallest absolute Gasteiger partial charge is 0.307 e. The Morgan fingerprint density at radius 2 is 2.06 bits per heavy atom. The number of carbonyl (C=O) groups is 2. The van der Waals surface area contributed by atoms with Crippen LogP contribution in [0.15, 0.2) is 0 Å². The number of nitrogens with one attached hydrogen (secondary N) is 1. The highest BCUT2D eigenvalue weighted by atomic mass is 16.5. The molecule has 5 heteroatoms. The molecular formula is C13H23NO4. The molecule has 1 N–H and O–H groups in total. The zero-order chi connectivity index (χ0) is 13.4. The molecule has 1 aliphatic heterocycles. The van der Waals surface area contributed by atoms with Gasteiger partial charge in [-0.2, -0.15) is 0 Å². The maximum atomic E-state index is 11.8. The molecule has 1 aliphatic rings. The van der Waals surface area contributed by atoms with Crippen LogP contribution in [-0.4, -0.2) is 37.7 Å². The quantitative estimate of drug-likeness (QED) is 0.728. The van der Waals surface area contributed by atoms with E-state index in [1.54, 1.807) is 6.92 Å². The van der Waals surface area contributed by atoms with E-state index < -0.39 is 0 Å². The van der Waals surface area contributed by atoms with E-state index in [4.69, 9.17) is 9.47 Å². The third-order valence-electron chi connectivity index (χ3n) is 3.00. The molecule has 18 heavy (non-hydrogen) atoms. The molecule has 1 amide bonds. The van der Waals surface area contributed by atoms with Gasteiger partial charge in [0.25, 0.3) is 0 Å². The van der Waals surface area contributed by atoms with E-state index in [2.05, 4.69) is 5.32 Å². The summed E-state index contributed by atoms with van der Waals surface area (Å²) in [5, 5.41) is 2.84. The Kier molecular flexibility index (Phi) is 6.72. The summed E-state index contributed by atoms with van der Waals surface area (Å²) >= 11 is 0. The van der Waals surface area contributed by atoms with Gasteiger partial charge in [0.1, 0.15) is 0 Å². The van der Waals surface area contributed by atoms with Gasteiger partial charge in [0, 0.05) is 25.7 Å². The number of hydrogen-bond acceptors (Lipinski definition) is 4. The molecule has 104 valence electrons. The Bertz CT molecular complexity index is 274. The van der Waals surface area contributed by atoms with Crippen LogP contribution in [-0.2, 0) is 19.1 Å². The molecule has 0 radical (unpaired) electrons. The van der Waals surface area contributed by atoms with Crippen LogP contribution in [0.1, 0.15) is 39.5 Å². The lowest BCUT2D eigenvalue weighted by atomic mass is 9.96. The molecule has 1 unspecified atom stereocenters. The fraction of sp³-hybridized carbons (Fsp3) is 0.846. The predicted molar refractivity (Wildman–Crippen MR) is 67.0 cm³/mol. The van der Waals surface area contributed by atoms with Crippen molar-refractivity contribution < 1.29 is 19.1 Å². The minimum absolute atomic E-state index is 0.0127. The van der Waals surface area contributed by atoms with Gasteiger partial charge < -0.3 is 14.8 Å². The minimum Gasteiger partial charge on any atom is -0.466 e. The van der Waals surface area contributed by atoms with E-state index >= 15 is 0 Å². The van der Waals surface area contributed by atoms with E-state index in [1.807, 2.05) is 6.92 Å². The summed E-state index contributed by atoms with van der Waals surface area (Å²) in [5.74, 6) is 0.156. The third kappa shape index (κ3) is 6.00. The average molecular weight is 257 g/mol. The van der Waals surface area contributed by atoms with E-state index in [0.717, 1.165) is 26.1 Å². The molecule has 0 aromatic heterocycles. The number of carbonyl (C=O) groups excluding carboxylic acids is 2. The van der Waals surface area contributed by atoms with E-state index in [-0.39, 0.29) is 24.3 Å². The van der Waals surface area contributed by atoms with E-state index in [1.165, 1.54) is 0 Å². The van der Waals surface area contributed by atoms with Gasteiger partial charge in [-0.3, -0.25) is 9.59 Å². The van der Waals surface area contributed by atoms with Crippen molar-refractivity contribution >= 4 is 11.9 Å². The molecular weight excluding hydrogens is 234 g/mol. The number of hydrogen-bond donors (Lipinski definition) is 1. The largest absolute Gasteiger partial charge is 0.466 e. The first kappa shape index (κ1) is 15.0. The molecule has 0 aromatic carbocycles. The normalized spacial score (nSPS) is 18.1. The highest BCUT2D eigenvalue weighted by Crippen LogP contribution is 2.18. The van der Waals surface area contributed by atoms with Gasteiger partial charge in [-0.25, -0.2) is 0 Å². The van der Waals surface area contributed by atoms with Gasteiger partial charge in [-0.05, 0) is 32.6 Å². The minimum atomic E-state index is -0.267. The average Bonchev–Trinajstić information content (AvgIpc) is 2.29. The summed E-state index contributed by atoms with van der Waals surface area (Å²) in [7, 11) is 0. The van der Waals surface area contributed by atoms with E-state index in [9.17, 15) is 9.59 Å². The monoisotopic (exact) mass is 257 g/mol. The van der Waals surface area contributed by atoms with Crippen LogP contribution in [0.25, 0.3) is 0 Å². The number of esters is 1. The lowest BCUT2D eigenvalue weighted by molar-refractivity contribution is -0.143. The fourth-order valence-electron chi connectivity index (χ4n) is 2.07. The van der Waals surface area contributed by atoms with Gasteiger partial charge in [0.15, 0.2) is 0 Å². The van der Waals surface area contributed by atoms with Crippen LogP contribution in [0.2, 0.25) is 0 Å². The molecule has 0 aromatic rings. The summed E-state index contributed by atoms with van der Waals surface area (Å²) in [5.41, 5.74) is 0. The second kappa shape index (κ2) is 8.08. The van der Waals surface area contributed by atoms with Gasteiger partial charge >= 0.3 is 5.97 Å². The van der Waals surface area contributed by atoms with Crippen molar-refractivity contribution in [1.82, 2.24) is 5.32 Å². The second-order valence-corrected chi connectivity index (χ2v) is 4.74. The summed E-state index contributed by atoms with van der Waals surface area (Å²) in [6.07, 6.45) is 2.64. The second-order valence-electron chi connectivity index (χ2n) is 4.74. The van der Waals surface area contributed by atoms with Crippen LogP contribution in [0.4, 0.5) is 0 Å². The maximum absolute atomic E-state index is 11.8. The Hall–Kier alpha value is -1.10. The van der Waals surface area contributed by atoms with Crippen molar-refractivity contribution in [2.45, 2.75) is 45.6 Å². The van der Waals surface area contributed by atoms with Crippen molar-refractivity contribution in [3.05, 3.63) is 0 Å². The molecule has 5 nitrogen and oxygen atoms in total. The first-order valence-electron chi connectivity index (χ1n) is 6.64. The molecule has 1 atom stereocenters. The van der Waals surface area contributed by atoms with Crippen molar-refractivity contribution in [2.24, 2.45) is 5.92 Å². The third-order valence-corrected chi connectivity index (χ3v) is 3.00. The topological polar surface area (TPSA) is 64.6 Å². The summed E-state index contributed by atoms with van der Waals surface area (Å²) in [6.45, 7) is 5.46. The van der Waals surface area contributed by atoms with Gasteiger partial charge in [0.05, 0.1) is 13.0 Å². The highest BCUT2D eigenvalue weighted by Gasteiger charge is 2.19. The van der Waals surface area contributed by atoms with Crippen molar-refractivity contribution in [1.29, 1.82) is 0 Å². The Morgan fingerprint density at radius 1 is 1.39 bits per heavy atom. The summed E-state index contributed by atoms with van der Waals surface area (Å²) < 4.78 is 10.1. The standard InChI is InChI=1S/C13H23NO4/c1-3-18-13(16)8-10(2)14-12(15)9-11-4-6-17-7-5-11/h10-11H,3-9H2,1-2H3,(H,14,15). The lowest BCUT2D eigenvalue weighted by Crippen LogP contribution is -2.36. The molecule has 1 saturated heterocycles. The molecule has 1 heterocycles. The molecule has 0 aliphatic carbocycles.